The minimum absolute atomic E-state index is 0.203. The second-order valence-corrected chi connectivity index (χ2v) is 2.80. The molecule has 0 aliphatic rings. The lowest BCUT2D eigenvalue weighted by atomic mass is 10.1. The molecule has 1 rings (SSSR count). The Morgan fingerprint density at radius 3 is 3.00 bits per heavy atom. The summed E-state index contributed by atoms with van der Waals surface area (Å²) in [7, 11) is 0. The van der Waals surface area contributed by atoms with Gasteiger partial charge in [-0.1, -0.05) is 13.3 Å². The number of rotatable bonds is 4. The van der Waals surface area contributed by atoms with E-state index in [1.165, 1.54) is 0 Å². The molecule has 0 fully saturated rings. The maximum absolute atomic E-state index is 11.3. The molecule has 0 radical (unpaired) electrons. The quantitative estimate of drug-likeness (QED) is 0.397. The zero-order chi connectivity index (χ0) is 9.68. The summed E-state index contributed by atoms with van der Waals surface area (Å²) in [4.78, 5) is 11.3. The topological polar surface area (TPSA) is 72.9 Å². The molecular formula is C8H14N4O. The van der Waals surface area contributed by atoms with Gasteiger partial charge >= 0.3 is 0 Å². The molecule has 1 atom stereocenters. The van der Waals surface area contributed by atoms with Crippen LogP contribution in [0.3, 0.4) is 0 Å². The first-order chi connectivity index (χ1) is 6.29. The molecule has 0 saturated heterocycles. The summed E-state index contributed by atoms with van der Waals surface area (Å²) in [5, 5.41) is 4.00. The molecule has 1 unspecified atom stereocenters. The number of nitrogens with two attached hydrogens (primary N) is 1. The molecule has 72 valence electrons. The van der Waals surface area contributed by atoms with Crippen molar-refractivity contribution >= 4 is 5.91 Å². The van der Waals surface area contributed by atoms with Gasteiger partial charge in [0, 0.05) is 12.4 Å². The second kappa shape index (κ2) is 4.61. The van der Waals surface area contributed by atoms with E-state index in [4.69, 9.17) is 5.84 Å². The van der Waals surface area contributed by atoms with Gasteiger partial charge in [-0.15, -0.1) is 0 Å². The summed E-state index contributed by atoms with van der Waals surface area (Å²) in [5.41, 5.74) is 2.14. The van der Waals surface area contributed by atoms with Crippen molar-refractivity contribution in [3.05, 3.63) is 18.5 Å². The third-order valence-electron chi connectivity index (χ3n) is 1.85. The van der Waals surface area contributed by atoms with Gasteiger partial charge in [0.2, 0.25) is 0 Å². The largest absolute Gasteiger partial charge is 0.292 e. The van der Waals surface area contributed by atoms with Crippen molar-refractivity contribution in [3.8, 4) is 0 Å². The first kappa shape index (κ1) is 9.73. The average molecular weight is 182 g/mol. The third kappa shape index (κ3) is 2.29. The number of nitrogens with zero attached hydrogens (tertiary/aromatic N) is 2. The summed E-state index contributed by atoms with van der Waals surface area (Å²) < 4.78 is 1.62. The van der Waals surface area contributed by atoms with Gasteiger partial charge in [-0.2, -0.15) is 5.10 Å². The van der Waals surface area contributed by atoms with Gasteiger partial charge in [0.25, 0.3) is 5.91 Å². The molecule has 5 heteroatoms. The fourth-order valence-electron chi connectivity index (χ4n) is 1.22. The molecular weight excluding hydrogens is 168 g/mol. The van der Waals surface area contributed by atoms with E-state index < -0.39 is 0 Å². The zero-order valence-corrected chi connectivity index (χ0v) is 7.60. The van der Waals surface area contributed by atoms with E-state index in [2.05, 4.69) is 10.5 Å². The third-order valence-corrected chi connectivity index (χ3v) is 1.85. The van der Waals surface area contributed by atoms with Crippen molar-refractivity contribution in [2.45, 2.75) is 25.8 Å². The predicted octanol–water partition coefficient (Wildman–Crippen LogP) is 0.214. The van der Waals surface area contributed by atoms with Crippen molar-refractivity contribution in [1.29, 1.82) is 0 Å². The van der Waals surface area contributed by atoms with E-state index >= 15 is 0 Å². The predicted molar refractivity (Wildman–Crippen MR) is 48.5 cm³/mol. The van der Waals surface area contributed by atoms with Crippen LogP contribution in [0.4, 0.5) is 0 Å². The number of hydrogen-bond acceptors (Lipinski definition) is 3. The zero-order valence-electron chi connectivity index (χ0n) is 7.60. The number of amides is 1. The first-order valence-corrected chi connectivity index (χ1v) is 4.29. The van der Waals surface area contributed by atoms with Crippen LogP contribution in [0, 0.1) is 0 Å². The van der Waals surface area contributed by atoms with Crippen LogP contribution < -0.4 is 11.3 Å². The van der Waals surface area contributed by atoms with E-state index in [1.54, 1.807) is 23.1 Å². The van der Waals surface area contributed by atoms with Gasteiger partial charge in [-0.05, 0) is 12.5 Å². The Hall–Kier alpha value is -1.36. The second-order valence-electron chi connectivity index (χ2n) is 2.80. The summed E-state index contributed by atoms with van der Waals surface area (Å²) >= 11 is 0. The lowest BCUT2D eigenvalue weighted by Crippen LogP contribution is -2.37. The number of nitrogens with one attached hydrogen (secondary N) is 1. The van der Waals surface area contributed by atoms with Gasteiger partial charge in [-0.3, -0.25) is 14.9 Å². The van der Waals surface area contributed by atoms with Crippen molar-refractivity contribution in [2.75, 3.05) is 0 Å². The molecule has 0 aliphatic carbocycles. The van der Waals surface area contributed by atoms with Gasteiger partial charge in [0.1, 0.15) is 6.04 Å². The molecule has 0 aliphatic heterocycles. The van der Waals surface area contributed by atoms with E-state index in [1.807, 2.05) is 6.92 Å². The first-order valence-electron chi connectivity index (χ1n) is 4.29. The Morgan fingerprint density at radius 2 is 2.54 bits per heavy atom. The highest BCUT2D eigenvalue weighted by Gasteiger charge is 2.17. The van der Waals surface area contributed by atoms with Crippen molar-refractivity contribution in [3.63, 3.8) is 0 Å². The SMILES string of the molecule is CCCC(C(=O)NN)n1cccn1. The molecule has 13 heavy (non-hydrogen) atoms. The van der Waals surface area contributed by atoms with E-state index in [9.17, 15) is 4.79 Å². The Balaban J connectivity index is 2.74. The minimum atomic E-state index is -0.287. The highest BCUT2D eigenvalue weighted by atomic mass is 16.2. The molecule has 5 nitrogen and oxygen atoms in total. The smallest absolute Gasteiger partial charge is 0.258 e. The van der Waals surface area contributed by atoms with Crippen LogP contribution in [0.5, 0.6) is 0 Å². The number of aromatic nitrogens is 2. The highest BCUT2D eigenvalue weighted by Crippen LogP contribution is 2.11. The van der Waals surface area contributed by atoms with Gasteiger partial charge in [0.05, 0.1) is 0 Å². The Labute approximate surface area is 76.9 Å². The fraction of sp³-hybridized carbons (Fsp3) is 0.500. The van der Waals surface area contributed by atoms with Gasteiger partial charge in [0.15, 0.2) is 0 Å². The summed E-state index contributed by atoms with van der Waals surface area (Å²) in [6.07, 6.45) is 5.06. The van der Waals surface area contributed by atoms with Crippen molar-refractivity contribution in [2.24, 2.45) is 5.84 Å². The molecule has 1 amide bonds. The van der Waals surface area contributed by atoms with Crippen LogP contribution in [-0.2, 0) is 4.79 Å². The molecule has 0 saturated carbocycles. The number of hydrogen-bond donors (Lipinski definition) is 2. The molecule has 0 bridgehead atoms. The number of hydrazine groups is 1. The Morgan fingerprint density at radius 1 is 1.77 bits per heavy atom. The van der Waals surface area contributed by atoms with Crippen LogP contribution in [0.25, 0.3) is 0 Å². The molecule has 1 aromatic heterocycles. The summed E-state index contributed by atoms with van der Waals surface area (Å²) in [6, 6.07) is 1.50. The normalized spacial score (nSPS) is 12.5. The maximum atomic E-state index is 11.3. The summed E-state index contributed by atoms with van der Waals surface area (Å²) in [5.74, 6) is 4.87. The van der Waals surface area contributed by atoms with E-state index in [-0.39, 0.29) is 11.9 Å². The van der Waals surface area contributed by atoms with E-state index in [0.29, 0.717) is 0 Å². The molecule has 0 spiro atoms. The van der Waals surface area contributed by atoms with Crippen LogP contribution in [0.15, 0.2) is 18.5 Å². The Kier molecular flexibility index (Phi) is 3.45. The molecule has 3 N–H and O–H groups in total. The Bertz CT molecular complexity index is 257. The average Bonchev–Trinajstić information content (AvgIpc) is 2.65. The molecule has 1 aromatic rings. The lowest BCUT2D eigenvalue weighted by molar-refractivity contribution is -0.124. The standard InChI is InChI=1S/C8H14N4O/c1-2-4-7(8(13)11-9)12-6-3-5-10-12/h3,5-7H,2,4,9H2,1H3,(H,11,13). The molecule has 1 heterocycles. The molecule has 0 aromatic carbocycles. The van der Waals surface area contributed by atoms with Crippen LogP contribution in [0.1, 0.15) is 25.8 Å². The highest BCUT2D eigenvalue weighted by molar-refractivity contribution is 5.79. The van der Waals surface area contributed by atoms with Crippen molar-refractivity contribution in [1.82, 2.24) is 15.2 Å². The summed E-state index contributed by atoms with van der Waals surface area (Å²) in [6.45, 7) is 2.01. The van der Waals surface area contributed by atoms with E-state index in [0.717, 1.165) is 12.8 Å². The van der Waals surface area contributed by atoms with Gasteiger partial charge in [-0.25, -0.2) is 5.84 Å². The van der Waals surface area contributed by atoms with Crippen molar-refractivity contribution < 1.29 is 4.79 Å². The van der Waals surface area contributed by atoms with Crippen LogP contribution in [-0.4, -0.2) is 15.7 Å². The van der Waals surface area contributed by atoms with Crippen LogP contribution >= 0.6 is 0 Å². The fourth-order valence-corrected chi connectivity index (χ4v) is 1.22. The van der Waals surface area contributed by atoms with Gasteiger partial charge < -0.3 is 0 Å². The minimum Gasteiger partial charge on any atom is -0.292 e. The maximum Gasteiger partial charge on any atom is 0.258 e. The monoisotopic (exact) mass is 182 g/mol. The lowest BCUT2D eigenvalue weighted by Gasteiger charge is -2.14. The number of carbonyl (C=O) groups is 1. The van der Waals surface area contributed by atoms with Crippen LogP contribution in [0.2, 0.25) is 0 Å². The number of carbonyl (C=O) groups excluding carboxylic acids is 1.